The average Bonchev–Trinajstić information content (AvgIpc) is 3.22. The number of hydrogen-bond acceptors (Lipinski definition) is 5. The van der Waals surface area contributed by atoms with Crippen molar-refractivity contribution in [2.75, 3.05) is 5.84 Å². The second-order valence-electron chi connectivity index (χ2n) is 6.48. The molecule has 2 aromatic carbocycles. The number of thioether (sulfide) groups is 1. The molecule has 0 saturated heterocycles. The number of benzene rings is 2. The minimum Gasteiger partial charge on any atom is -0.335 e. The molecule has 142 valence electrons. The molecule has 4 rings (SSSR count). The van der Waals surface area contributed by atoms with E-state index in [4.69, 9.17) is 17.4 Å². The Bertz CT molecular complexity index is 1100. The molecule has 0 aliphatic carbocycles. The summed E-state index contributed by atoms with van der Waals surface area (Å²) >= 11 is 7.48. The van der Waals surface area contributed by atoms with Gasteiger partial charge in [0.1, 0.15) is 0 Å². The van der Waals surface area contributed by atoms with E-state index in [0.29, 0.717) is 16.0 Å². The molecule has 0 atom stereocenters. The van der Waals surface area contributed by atoms with Crippen LogP contribution >= 0.6 is 23.4 Å². The minimum absolute atomic E-state index is 0.610. The van der Waals surface area contributed by atoms with E-state index < -0.39 is 0 Å². The molecule has 0 aliphatic heterocycles. The lowest BCUT2D eigenvalue weighted by Gasteiger charge is -2.07. The van der Waals surface area contributed by atoms with Crippen molar-refractivity contribution in [3.63, 3.8) is 0 Å². The van der Waals surface area contributed by atoms with E-state index >= 15 is 0 Å². The third kappa shape index (κ3) is 3.76. The van der Waals surface area contributed by atoms with Gasteiger partial charge in [0.25, 0.3) is 0 Å². The summed E-state index contributed by atoms with van der Waals surface area (Å²) < 4.78 is 3.46. The third-order valence-electron chi connectivity index (χ3n) is 4.33. The maximum Gasteiger partial charge on any atom is 0.210 e. The molecule has 6 nitrogen and oxygen atoms in total. The van der Waals surface area contributed by atoms with Crippen molar-refractivity contribution < 1.29 is 0 Å². The lowest BCUT2D eigenvalue weighted by atomic mass is 10.2. The van der Waals surface area contributed by atoms with Gasteiger partial charge in [-0.15, -0.1) is 10.2 Å². The van der Waals surface area contributed by atoms with E-state index in [-0.39, 0.29) is 0 Å². The molecule has 0 saturated carbocycles. The van der Waals surface area contributed by atoms with Gasteiger partial charge in [-0.05, 0) is 61.9 Å². The lowest BCUT2D eigenvalue weighted by Crippen LogP contribution is -2.11. The maximum absolute atomic E-state index is 6.18. The normalized spacial score (nSPS) is 11.1. The van der Waals surface area contributed by atoms with Crippen molar-refractivity contribution in [3.8, 4) is 17.1 Å². The van der Waals surface area contributed by atoms with Crippen molar-refractivity contribution in [1.29, 1.82) is 0 Å². The predicted octanol–water partition coefficient (Wildman–Crippen LogP) is 4.41. The second kappa shape index (κ2) is 7.69. The van der Waals surface area contributed by atoms with Crippen LogP contribution < -0.4 is 5.84 Å². The number of nitrogens with two attached hydrogens (primary N) is 1. The average molecular weight is 411 g/mol. The molecule has 8 heteroatoms. The molecule has 0 aliphatic rings. The Labute approximate surface area is 172 Å². The number of nitrogen functional groups attached to an aromatic ring is 1. The monoisotopic (exact) mass is 410 g/mol. The van der Waals surface area contributed by atoms with Gasteiger partial charge in [-0.1, -0.05) is 35.5 Å². The first-order valence-electron chi connectivity index (χ1n) is 8.73. The number of hydrogen-bond donors (Lipinski definition) is 1. The summed E-state index contributed by atoms with van der Waals surface area (Å²) in [6.07, 6.45) is 0. The minimum atomic E-state index is 0.610. The highest BCUT2D eigenvalue weighted by atomic mass is 35.5. The molecular weight excluding hydrogens is 392 g/mol. The molecule has 4 aromatic rings. The van der Waals surface area contributed by atoms with Gasteiger partial charge in [-0.3, -0.25) is 0 Å². The van der Waals surface area contributed by atoms with Crippen LogP contribution in [0.1, 0.15) is 17.0 Å². The molecule has 0 bridgehead atoms. The van der Waals surface area contributed by atoms with Crippen LogP contribution in [-0.2, 0) is 5.75 Å². The molecule has 0 amide bonds. The number of aryl methyl sites for hydroxylation is 2. The summed E-state index contributed by atoms with van der Waals surface area (Å²) in [4.78, 5) is 0. The van der Waals surface area contributed by atoms with E-state index in [9.17, 15) is 0 Å². The molecule has 0 fully saturated rings. The Morgan fingerprint density at radius 2 is 1.71 bits per heavy atom. The van der Waals surface area contributed by atoms with E-state index in [0.717, 1.165) is 28.4 Å². The molecule has 28 heavy (non-hydrogen) atoms. The van der Waals surface area contributed by atoms with Gasteiger partial charge in [-0.25, -0.2) is 9.36 Å². The van der Waals surface area contributed by atoms with Gasteiger partial charge >= 0.3 is 0 Å². The van der Waals surface area contributed by atoms with Crippen LogP contribution in [0.3, 0.4) is 0 Å². The predicted molar refractivity (Wildman–Crippen MR) is 113 cm³/mol. The van der Waals surface area contributed by atoms with Gasteiger partial charge in [0.15, 0.2) is 5.82 Å². The standard InChI is InChI=1S/C20H19ClN6S/c1-13-11-14(2)27(25-13)18-9-3-15(4-10-18)12-28-20-24-23-19(26(20)22)16-5-7-17(21)8-6-16/h3-11H,12,22H2,1-2H3. The fraction of sp³-hybridized carbons (Fsp3) is 0.150. The smallest absolute Gasteiger partial charge is 0.210 e. The zero-order valence-electron chi connectivity index (χ0n) is 15.5. The Morgan fingerprint density at radius 3 is 2.36 bits per heavy atom. The van der Waals surface area contributed by atoms with Crippen molar-refractivity contribution in [1.82, 2.24) is 24.7 Å². The van der Waals surface area contributed by atoms with Gasteiger partial charge in [-0.2, -0.15) is 5.10 Å². The summed E-state index contributed by atoms with van der Waals surface area (Å²) in [5.41, 5.74) is 5.22. The molecule has 2 aromatic heterocycles. The molecule has 0 unspecified atom stereocenters. The molecule has 0 radical (unpaired) electrons. The fourth-order valence-electron chi connectivity index (χ4n) is 2.94. The summed E-state index contributed by atoms with van der Waals surface area (Å²) in [7, 11) is 0. The topological polar surface area (TPSA) is 74.5 Å². The summed E-state index contributed by atoms with van der Waals surface area (Å²) in [6.45, 7) is 4.05. The van der Waals surface area contributed by atoms with Crippen molar-refractivity contribution in [2.24, 2.45) is 0 Å². The Balaban J connectivity index is 1.46. The number of aromatic nitrogens is 5. The van der Waals surface area contributed by atoms with Gasteiger partial charge < -0.3 is 5.84 Å². The van der Waals surface area contributed by atoms with Crippen LogP contribution in [0, 0.1) is 13.8 Å². The van der Waals surface area contributed by atoms with Gasteiger partial charge in [0, 0.05) is 22.0 Å². The molecular formula is C20H19ClN6S. The summed E-state index contributed by atoms with van der Waals surface area (Å²) in [5.74, 6) is 7.54. The van der Waals surface area contributed by atoms with E-state index in [1.54, 1.807) is 11.8 Å². The maximum atomic E-state index is 6.18. The quantitative estimate of drug-likeness (QED) is 0.389. The van der Waals surface area contributed by atoms with Gasteiger partial charge in [0.2, 0.25) is 5.16 Å². The highest BCUT2D eigenvalue weighted by molar-refractivity contribution is 7.98. The number of rotatable bonds is 5. The molecule has 0 spiro atoms. The van der Waals surface area contributed by atoms with Crippen LogP contribution in [0.2, 0.25) is 5.02 Å². The second-order valence-corrected chi connectivity index (χ2v) is 7.86. The molecule has 2 heterocycles. The molecule has 2 N–H and O–H groups in total. The Kier molecular flexibility index (Phi) is 5.11. The van der Waals surface area contributed by atoms with E-state index in [1.165, 1.54) is 10.2 Å². The van der Waals surface area contributed by atoms with Crippen LogP contribution in [0.15, 0.2) is 59.8 Å². The highest BCUT2D eigenvalue weighted by Gasteiger charge is 2.12. The van der Waals surface area contributed by atoms with Crippen LogP contribution in [0.25, 0.3) is 17.1 Å². The SMILES string of the molecule is Cc1cc(C)n(-c2ccc(CSc3nnc(-c4ccc(Cl)cc4)n3N)cc2)n1. The van der Waals surface area contributed by atoms with Crippen LogP contribution in [-0.4, -0.2) is 24.7 Å². The summed E-state index contributed by atoms with van der Waals surface area (Å²) in [6, 6.07) is 17.8. The van der Waals surface area contributed by atoms with Gasteiger partial charge in [0.05, 0.1) is 11.4 Å². The number of halogens is 1. The van der Waals surface area contributed by atoms with Crippen molar-refractivity contribution in [2.45, 2.75) is 24.8 Å². The fourth-order valence-corrected chi connectivity index (χ4v) is 3.88. The van der Waals surface area contributed by atoms with Crippen molar-refractivity contribution in [3.05, 3.63) is 76.6 Å². The number of nitrogens with zero attached hydrogens (tertiary/aromatic N) is 5. The zero-order valence-corrected chi connectivity index (χ0v) is 17.1. The Hall–Kier alpha value is -2.77. The Morgan fingerprint density at radius 1 is 1.00 bits per heavy atom. The first-order valence-corrected chi connectivity index (χ1v) is 10.1. The third-order valence-corrected chi connectivity index (χ3v) is 5.59. The summed E-state index contributed by atoms with van der Waals surface area (Å²) in [5, 5.41) is 14.3. The van der Waals surface area contributed by atoms with Crippen LogP contribution in [0.4, 0.5) is 0 Å². The van der Waals surface area contributed by atoms with E-state index in [2.05, 4.69) is 52.6 Å². The first kappa shape index (κ1) is 18.6. The zero-order chi connectivity index (χ0) is 19.7. The largest absolute Gasteiger partial charge is 0.335 e. The first-order chi connectivity index (χ1) is 13.5. The lowest BCUT2D eigenvalue weighted by molar-refractivity contribution is 0.833. The highest BCUT2D eigenvalue weighted by Crippen LogP contribution is 2.25. The van der Waals surface area contributed by atoms with Crippen LogP contribution in [0.5, 0.6) is 0 Å². The van der Waals surface area contributed by atoms with E-state index in [1.807, 2.05) is 35.9 Å². The van der Waals surface area contributed by atoms with Crippen molar-refractivity contribution >= 4 is 23.4 Å².